The van der Waals surface area contributed by atoms with Crippen molar-refractivity contribution >= 4 is 12.1 Å². The molecule has 1 aliphatic rings. The van der Waals surface area contributed by atoms with Crippen molar-refractivity contribution < 1.29 is 9.59 Å². The van der Waals surface area contributed by atoms with Gasteiger partial charge in [-0.15, -0.1) is 0 Å². The highest BCUT2D eigenvalue weighted by Crippen LogP contribution is 2.34. The number of hydrogen-bond acceptors (Lipinski definition) is 2. The first-order chi connectivity index (χ1) is 3.66. The van der Waals surface area contributed by atoms with E-state index in [-0.39, 0.29) is 11.2 Å². The summed E-state index contributed by atoms with van der Waals surface area (Å²) in [5, 5.41) is 0. The van der Waals surface area contributed by atoms with Gasteiger partial charge in [-0.05, 0) is 0 Å². The van der Waals surface area contributed by atoms with E-state index in [0.717, 1.165) is 6.29 Å². The van der Waals surface area contributed by atoms with Gasteiger partial charge in [-0.2, -0.15) is 0 Å². The van der Waals surface area contributed by atoms with Gasteiger partial charge in [0, 0.05) is 18.3 Å². The lowest BCUT2D eigenvalue weighted by atomic mass is 9.71. The Bertz CT molecular complexity index is 129. The van der Waals surface area contributed by atoms with Gasteiger partial charge in [-0.3, -0.25) is 4.79 Å². The highest BCUT2D eigenvalue weighted by molar-refractivity contribution is 5.92. The number of hydrogen-bond donors (Lipinski definition) is 0. The van der Waals surface area contributed by atoms with E-state index in [0.29, 0.717) is 12.8 Å². The van der Waals surface area contributed by atoms with Gasteiger partial charge < -0.3 is 4.79 Å². The summed E-state index contributed by atoms with van der Waals surface area (Å²) in [6.07, 6.45) is 1.78. The second-order valence-corrected chi connectivity index (χ2v) is 2.66. The fourth-order valence-electron chi connectivity index (χ4n) is 0.932. The molecule has 0 aromatic heterocycles. The molecule has 1 aliphatic carbocycles. The number of rotatable bonds is 1. The van der Waals surface area contributed by atoms with Gasteiger partial charge in [0.1, 0.15) is 12.1 Å². The van der Waals surface area contributed by atoms with E-state index < -0.39 is 0 Å². The maximum atomic E-state index is 10.3. The van der Waals surface area contributed by atoms with Crippen LogP contribution < -0.4 is 0 Å². The first kappa shape index (κ1) is 5.48. The summed E-state index contributed by atoms with van der Waals surface area (Å²) in [4.78, 5) is 20.4. The maximum absolute atomic E-state index is 10.3. The number of aldehydes is 1. The minimum Gasteiger partial charge on any atom is -0.303 e. The molecule has 0 atom stereocenters. The van der Waals surface area contributed by atoms with Crippen LogP contribution in [0, 0.1) is 5.41 Å². The third-order valence-corrected chi connectivity index (χ3v) is 1.49. The Morgan fingerprint density at radius 2 is 2.12 bits per heavy atom. The molecule has 1 rings (SSSR count). The van der Waals surface area contributed by atoms with Crippen LogP contribution in [0.1, 0.15) is 19.8 Å². The quantitative estimate of drug-likeness (QED) is 0.464. The van der Waals surface area contributed by atoms with Crippen molar-refractivity contribution in [3.05, 3.63) is 0 Å². The normalized spacial score (nSPS) is 24.4. The Morgan fingerprint density at radius 1 is 1.62 bits per heavy atom. The van der Waals surface area contributed by atoms with E-state index in [4.69, 9.17) is 0 Å². The summed E-state index contributed by atoms with van der Waals surface area (Å²) in [6, 6.07) is 0. The van der Waals surface area contributed by atoms with Crippen molar-refractivity contribution in [2.45, 2.75) is 19.8 Å². The molecule has 0 aliphatic heterocycles. The van der Waals surface area contributed by atoms with Crippen LogP contribution >= 0.6 is 0 Å². The minimum absolute atomic E-state index is 0.208. The molecule has 0 aromatic rings. The summed E-state index contributed by atoms with van der Waals surface area (Å²) >= 11 is 0. The highest BCUT2D eigenvalue weighted by Gasteiger charge is 2.38. The molecule has 2 nitrogen and oxygen atoms in total. The zero-order chi connectivity index (χ0) is 6.20. The molecule has 1 saturated carbocycles. The number of carbonyl (C=O) groups excluding carboxylic acids is 2. The van der Waals surface area contributed by atoms with Gasteiger partial charge in [0.25, 0.3) is 0 Å². The predicted octanol–water partition coefficient (Wildman–Crippen LogP) is 0.554. The van der Waals surface area contributed by atoms with Crippen molar-refractivity contribution in [2.75, 3.05) is 0 Å². The van der Waals surface area contributed by atoms with Crippen molar-refractivity contribution in [1.82, 2.24) is 0 Å². The predicted molar refractivity (Wildman–Crippen MR) is 28.4 cm³/mol. The van der Waals surface area contributed by atoms with E-state index >= 15 is 0 Å². The average molecular weight is 112 g/mol. The van der Waals surface area contributed by atoms with E-state index in [9.17, 15) is 9.59 Å². The Morgan fingerprint density at radius 3 is 2.25 bits per heavy atom. The lowest BCUT2D eigenvalue weighted by Gasteiger charge is -2.30. The third-order valence-electron chi connectivity index (χ3n) is 1.49. The molecule has 0 spiro atoms. The molecule has 0 heterocycles. The van der Waals surface area contributed by atoms with E-state index in [1.807, 2.05) is 0 Å². The van der Waals surface area contributed by atoms with Gasteiger partial charge in [0.15, 0.2) is 0 Å². The highest BCUT2D eigenvalue weighted by atomic mass is 16.1. The Kier molecular flexibility index (Phi) is 0.962. The van der Waals surface area contributed by atoms with Crippen molar-refractivity contribution in [1.29, 1.82) is 0 Å². The molecule has 8 heavy (non-hydrogen) atoms. The monoisotopic (exact) mass is 112 g/mol. The van der Waals surface area contributed by atoms with Gasteiger partial charge >= 0.3 is 0 Å². The molecular formula is C6H8O2. The van der Waals surface area contributed by atoms with Gasteiger partial charge in [-0.25, -0.2) is 0 Å². The molecule has 44 valence electrons. The second-order valence-electron chi connectivity index (χ2n) is 2.66. The summed E-state index contributed by atoms with van der Waals surface area (Å²) in [5.74, 6) is 0.208. The van der Waals surface area contributed by atoms with Crippen LogP contribution in [-0.2, 0) is 9.59 Å². The zero-order valence-corrected chi connectivity index (χ0v) is 4.81. The fourth-order valence-corrected chi connectivity index (χ4v) is 0.932. The summed E-state index contributed by atoms with van der Waals surface area (Å²) in [5.41, 5.74) is -0.295. The average Bonchev–Trinajstić information content (AvgIpc) is 1.63. The zero-order valence-electron chi connectivity index (χ0n) is 4.81. The third kappa shape index (κ3) is 0.661. The van der Waals surface area contributed by atoms with Crippen LogP contribution in [0.2, 0.25) is 0 Å². The van der Waals surface area contributed by atoms with Crippen LogP contribution in [0.3, 0.4) is 0 Å². The molecular weight excluding hydrogens is 104 g/mol. The topological polar surface area (TPSA) is 34.1 Å². The number of ketones is 1. The maximum Gasteiger partial charge on any atom is 0.134 e. The van der Waals surface area contributed by atoms with Crippen LogP contribution in [-0.4, -0.2) is 12.1 Å². The molecule has 2 heteroatoms. The SMILES string of the molecule is CC1(C=O)CC(=O)C1. The lowest BCUT2D eigenvalue weighted by Crippen LogP contribution is -2.35. The summed E-state index contributed by atoms with van der Waals surface area (Å²) < 4.78 is 0. The molecule has 0 radical (unpaired) electrons. The van der Waals surface area contributed by atoms with Gasteiger partial charge in [-0.1, -0.05) is 6.92 Å². The molecule has 0 bridgehead atoms. The van der Waals surface area contributed by atoms with Crippen molar-refractivity contribution in [3.63, 3.8) is 0 Å². The van der Waals surface area contributed by atoms with Crippen LogP contribution in [0.5, 0.6) is 0 Å². The first-order valence-corrected chi connectivity index (χ1v) is 2.64. The Hall–Kier alpha value is -0.660. The fraction of sp³-hybridized carbons (Fsp3) is 0.667. The number of carbonyl (C=O) groups is 2. The number of Topliss-reactive ketones (excluding diaryl/α,β-unsaturated/α-hetero) is 1. The van der Waals surface area contributed by atoms with Crippen LogP contribution in [0.15, 0.2) is 0 Å². The standard InChI is InChI=1S/C6H8O2/c1-6(4-7)2-5(8)3-6/h4H,2-3H2,1H3. The second kappa shape index (κ2) is 1.41. The molecule has 1 fully saturated rings. The smallest absolute Gasteiger partial charge is 0.134 e. The first-order valence-electron chi connectivity index (χ1n) is 2.64. The van der Waals surface area contributed by atoms with Crippen molar-refractivity contribution in [3.8, 4) is 0 Å². The van der Waals surface area contributed by atoms with Crippen molar-refractivity contribution in [2.24, 2.45) is 5.41 Å². The Balaban J connectivity index is 2.52. The van der Waals surface area contributed by atoms with E-state index in [2.05, 4.69) is 0 Å². The van der Waals surface area contributed by atoms with Crippen LogP contribution in [0.4, 0.5) is 0 Å². The van der Waals surface area contributed by atoms with Crippen LogP contribution in [0.25, 0.3) is 0 Å². The van der Waals surface area contributed by atoms with E-state index in [1.54, 1.807) is 6.92 Å². The molecule has 0 amide bonds. The molecule has 0 unspecified atom stereocenters. The molecule has 0 aromatic carbocycles. The Labute approximate surface area is 47.9 Å². The lowest BCUT2D eigenvalue weighted by molar-refractivity contribution is -0.138. The van der Waals surface area contributed by atoms with Gasteiger partial charge in [0.05, 0.1) is 0 Å². The van der Waals surface area contributed by atoms with Gasteiger partial charge in [0.2, 0.25) is 0 Å². The summed E-state index contributed by atoms with van der Waals surface area (Å²) in [6.45, 7) is 1.81. The summed E-state index contributed by atoms with van der Waals surface area (Å²) in [7, 11) is 0. The minimum atomic E-state index is -0.295. The van der Waals surface area contributed by atoms with E-state index in [1.165, 1.54) is 0 Å². The largest absolute Gasteiger partial charge is 0.303 e. The molecule has 0 N–H and O–H groups in total. The molecule has 0 saturated heterocycles.